The van der Waals surface area contributed by atoms with Crippen LogP contribution < -0.4 is 0 Å². The molecule has 0 aliphatic rings. The third-order valence-electron chi connectivity index (χ3n) is 4.22. The van der Waals surface area contributed by atoms with Crippen LogP contribution in [-0.2, 0) is 5.41 Å². The first-order chi connectivity index (χ1) is 10.2. The molecule has 0 saturated carbocycles. The van der Waals surface area contributed by atoms with Crippen LogP contribution >= 0.6 is 23.2 Å². The van der Waals surface area contributed by atoms with Gasteiger partial charge in [0.2, 0.25) is 0 Å². The van der Waals surface area contributed by atoms with Gasteiger partial charge in [-0.1, -0.05) is 70.1 Å². The molecule has 0 unspecified atom stereocenters. The van der Waals surface area contributed by atoms with E-state index in [1.807, 2.05) is 12.1 Å². The van der Waals surface area contributed by atoms with Crippen LogP contribution in [0.1, 0.15) is 63.9 Å². The van der Waals surface area contributed by atoms with Crippen molar-refractivity contribution in [2.24, 2.45) is 0 Å². The molecule has 0 aliphatic heterocycles. The molecule has 0 heterocycles. The van der Waals surface area contributed by atoms with Crippen LogP contribution in [0, 0.1) is 5.82 Å². The molecule has 0 amide bonds. The number of hydrogen-bond donors (Lipinski definition) is 0. The fraction of sp³-hybridized carbons (Fsp3) is 0.667. The molecule has 0 radical (unpaired) electrons. The zero-order chi connectivity index (χ0) is 15.6. The molecule has 1 rings (SSSR count). The molecule has 0 aromatic heterocycles. The van der Waals surface area contributed by atoms with Crippen LogP contribution in [0.3, 0.4) is 0 Å². The standard InChI is InChI=1S/C18H27Cl2F/c1-2-3-4-5-6-7-10-13-18(14-19,15-20)16-11-8-9-12-17(16)21/h8-9,11-12H,2-7,10,13-15H2,1H3. The topological polar surface area (TPSA) is 0 Å². The summed E-state index contributed by atoms with van der Waals surface area (Å²) in [6.45, 7) is 2.23. The van der Waals surface area contributed by atoms with Crippen molar-refractivity contribution >= 4 is 23.2 Å². The molecule has 0 N–H and O–H groups in total. The normalized spacial score (nSPS) is 11.8. The van der Waals surface area contributed by atoms with Gasteiger partial charge in [-0.15, -0.1) is 23.2 Å². The van der Waals surface area contributed by atoms with Crippen molar-refractivity contribution in [1.29, 1.82) is 0 Å². The highest BCUT2D eigenvalue weighted by atomic mass is 35.5. The summed E-state index contributed by atoms with van der Waals surface area (Å²) < 4.78 is 14.1. The highest BCUT2D eigenvalue weighted by molar-refractivity contribution is 6.22. The van der Waals surface area contributed by atoms with Gasteiger partial charge in [0.05, 0.1) is 0 Å². The van der Waals surface area contributed by atoms with Crippen LogP contribution in [0.4, 0.5) is 4.39 Å². The zero-order valence-corrected chi connectivity index (χ0v) is 14.5. The SMILES string of the molecule is CCCCCCCCCC(CCl)(CCl)c1ccccc1F. The van der Waals surface area contributed by atoms with Gasteiger partial charge in [-0.2, -0.15) is 0 Å². The Morgan fingerprint density at radius 2 is 1.48 bits per heavy atom. The van der Waals surface area contributed by atoms with Crippen LogP contribution in [0.25, 0.3) is 0 Å². The molecular weight excluding hydrogens is 306 g/mol. The van der Waals surface area contributed by atoms with Gasteiger partial charge >= 0.3 is 0 Å². The summed E-state index contributed by atoms with van der Waals surface area (Å²) in [6.07, 6.45) is 9.54. The van der Waals surface area contributed by atoms with Crippen molar-refractivity contribution in [1.82, 2.24) is 0 Å². The van der Waals surface area contributed by atoms with Gasteiger partial charge in [-0.3, -0.25) is 0 Å². The first kappa shape index (κ1) is 18.8. The van der Waals surface area contributed by atoms with Crippen LogP contribution in [0.2, 0.25) is 0 Å². The van der Waals surface area contributed by atoms with E-state index in [4.69, 9.17) is 23.2 Å². The summed E-state index contributed by atoms with van der Waals surface area (Å²) in [6, 6.07) is 6.88. The molecule has 120 valence electrons. The molecule has 0 bridgehead atoms. The number of halogens is 3. The van der Waals surface area contributed by atoms with Crippen molar-refractivity contribution < 1.29 is 4.39 Å². The number of rotatable bonds is 11. The molecule has 21 heavy (non-hydrogen) atoms. The van der Waals surface area contributed by atoms with Crippen molar-refractivity contribution in [2.75, 3.05) is 11.8 Å². The number of hydrogen-bond acceptors (Lipinski definition) is 0. The van der Waals surface area contributed by atoms with E-state index in [1.165, 1.54) is 44.6 Å². The van der Waals surface area contributed by atoms with E-state index in [9.17, 15) is 4.39 Å². The quantitative estimate of drug-likeness (QED) is 0.313. The van der Waals surface area contributed by atoms with Gasteiger partial charge in [-0.25, -0.2) is 4.39 Å². The van der Waals surface area contributed by atoms with Crippen molar-refractivity contribution in [3.63, 3.8) is 0 Å². The van der Waals surface area contributed by atoms with Crippen molar-refractivity contribution in [3.8, 4) is 0 Å². The lowest BCUT2D eigenvalue weighted by molar-refractivity contribution is 0.431. The summed E-state index contributed by atoms with van der Waals surface area (Å²) in [5.41, 5.74) is 0.235. The minimum atomic E-state index is -0.433. The Morgan fingerprint density at radius 3 is 2.05 bits per heavy atom. The molecule has 3 heteroatoms. The monoisotopic (exact) mass is 332 g/mol. The van der Waals surface area contributed by atoms with Gasteiger partial charge in [0.25, 0.3) is 0 Å². The lowest BCUT2D eigenvalue weighted by Gasteiger charge is -2.30. The van der Waals surface area contributed by atoms with E-state index in [1.54, 1.807) is 6.07 Å². The third-order valence-corrected chi connectivity index (χ3v) is 5.24. The minimum absolute atomic E-state index is 0.193. The summed E-state index contributed by atoms with van der Waals surface area (Å²) in [5.74, 6) is 0.544. The van der Waals surface area contributed by atoms with Gasteiger partial charge in [0.1, 0.15) is 5.82 Å². The molecule has 0 spiro atoms. The maximum atomic E-state index is 14.1. The Kier molecular flexibility index (Phi) is 9.35. The predicted molar refractivity (Wildman–Crippen MR) is 92.1 cm³/mol. The summed E-state index contributed by atoms with van der Waals surface area (Å²) in [4.78, 5) is 0. The second kappa shape index (κ2) is 10.5. The van der Waals surface area contributed by atoms with Gasteiger partial charge < -0.3 is 0 Å². The van der Waals surface area contributed by atoms with E-state index in [0.29, 0.717) is 17.3 Å². The van der Waals surface area contributed by atoms with E-state index in [0.717, 1.165) is 12.8 Å². The van der Waals surface area contributed by atoms with Crippen molar-refractivity contribution in [2.45, 2.75) is 63.7 Å². The first-order valence-electron chi connectivity index (χ1n) is 8.07. The lowest BCUT2D eigenvalue weighted by Crippen LogP contribution is -2.31. The zero-order valence-electron chi connectivity index (χ0n) is 13.0. The molecule has 1 aromatic carbocycles. The Bertz CT molecular complexity index is 389. The summed E-state index contributed by atoms with van der Waals surface area (Å²) in [5, 5.41) is 0. The average Bonchev–Trinajstić information content (AvgIpc) is 2.52. The molecule has 1 aromatic rings. The minimum Gasteiger partial charge on any atom is -0.207 e. The second-order valence-electron chi connectivity index (χ2n) is 5.90. The molecule has 0 nitrogen and oxygen atoms in total. The second-order valence-corrected chi connectivity index (χ2v) is 6.43. The van der Waals surface area contributed by atoms with E-state index < -0.39 is 5.41 Å². The Balaban J connectivity index is 2.52. The highest BCUT2D eigenvalue weighted by Crippen LogP contribution is 2.34. The fourth-order valence-corrected chi connectivity index (χ4v) is 3.60. The van der Waals surface area contributed by atoms with Crippen LogP contribution in [0.15, 0.2) is 24.3 Å². The van der Waals surface area contributed by atoms with E-state index in [2.05, 4.69) is 6.92 Å². The highest BCUT2D eigenvalue weighted by Gasteiger charge is 2.32. The van der Waals surface area contributed by atoms with E-state index >= 15 is 0 Å². The maximum Gasteiger partial charge on any atom is 0.127 e. The maximum absolute atomic E-state index is 14.1. The number of alkyl halides is 2. The molecule has 0 fully saturated rings. The van der Waals surface area contributed by atoms with Crippen LogP contribution in [-0.4, -0.2) is 11.8 Å². The smallest absolute Gasteiger partial charge is 0.127 e. The number of unbranched alkanes of at least 4 members (excludes halogenated alkanes) is 6. The van der Waals surface area contributed by atoms with Crippen LogP contribution in [0.5, 0.6) is 0 Å². The Morgan fingerprint density at radius 1 is 0.905 bits per heavy atom. The third kappa shape index (κ3) is 5.79. The van der Waals surface area contributed by atoms with Gasteiger partial charge in [-0.05, 0) is 18.1 Å². The first-order valence-corrected chi connectivity index (χ1v) is 9.14. The van der Waals surface area contributed by atoms with Crippen molar-refractivity contribution in [3.05, 3.63) is 35.6 Å². The Labute approximate surface area is 139 Å². The summed E-state index contributed by atoms with van der Waals surface area (Å²) >= 11 is 12.3. The molecular formula is C18H27Cl2F. The lowest BCUT2D eigenvalue weighted by atomic mass is 9.79. The number of benzene rings is 1. The fourth-order valence-electron chi connectivity index (χ4n) is 2.76. The largest absolute Gasteiger partial charge is 0.207 e. The van der Waals surface area contributed by atoms with E-state index in [-0.39, 0.29) is 5.82 Å². The van der Waals surface area contributed by atoms with Gasteiger partial charge in [0.15, 0.2) is 0 Å². The summed E-state index contributed by atoms with van der Waals surface area (Å²) in [7, 11) is 0. The molecule has 0 atom stereocenters. The van der Waals surface area contributed by atoms with Gasteiger partial charge in [0, 0.05) is 17.2 Å². The molecule has 0 aliphatic carbocycles. The average molecular weight is 333 g/mol. The Hall–Kier alpha value is -0.270. The predicted octanol–water partition coefficient (Wildman–Crippen LogP) is 6.68. The molecule has 0 saturated heterocycles.